The standard InChI is InChI=1S/C32H36O5Se/c1-34-28-18-9-17-27-30(28)32(33)37-25(14-10-20-35-22-23-11-4-2-5-12-23)21-24-13-8-19-29(36-24)31(27)38-26-15-6-3-7-16-26/h2-7,9,11-12,15-18,24-25,29,31H,8,10,13-14,19-22H2,1H3/t24-,25+,29-,31+/m1/s1. The van der Waals surface area contributed by atoms with Gasteiger partial charge in [-0.05, 0) is 0 Å². The van der Waals surface area contributed by atoms with Crippen LogP contribution < -0.4 is 9.20 Å². The normalized spacial score (nSPS) is 23.2. The summed E-state index contributed by atoms with van der Waals surface area (Å²) in [7, 11) is 1.62. The van der Waals surface area contributed by atoms with E-state index in [1.807, 2.05) is 36.4 Å². The number of hydrogen-bond donors (Lipinski definition) is 0. The first kappa shape index (κ1) is 27.0. The Kier molecular flexibility index (Phi) is 9.53. The molecule has 3 aromatic carbocycles. The van der Waals surface area contributed by atoms with Crippen molar-refractivity contribution < 1.29 is 23.7 Å². The van der Waals surface area contributed by atoms with E-state index in [-0.39, 0.29) is 44.1 Å². The number of ether oxygens (including phenoxy) is 4. The van der Waals surface area contributed by atoms with Gasteiger partial charge in [-0.3, -0.25) is 0 Å². The summed E-state index contributed by atoms with van der Waals surface area (Å²) in [6.45, 7) is 1.21. The average Bonchev–Trinajstić information content (AvgIpc) is 2.96. The van der Waals surface area contributed by atoms with Gasteiger partial charge in [0, 0.05) is 0 Å². The number of carbonyl (C=O) groups is 1. The van der Waals surface area contributed by atoms with E-state index in [4.69, 9.17) is 18.9 Å². The summed E-state index contributed by atoms with van der Waals surface area (Å²) in [4.78, 5) is 13.8. The predicted octanol–water partition coefficient (Wildman–Crippen LogP) is 5.63. The van der Waals surface area contributed by atoms with Crippen molar-refractivity contribution in [3.63, 3.8) is 0 Å². The van der Waals surface area contributed by atoms with Crippen LogP contribution in [-0.4, -0.2) is 53.0 Å². The van der Waals surface area contributed by atoms with Crippen LogP contribution in [0.5, 0.6) is 5.75 Å². The number of methoxy groups -OCH3 is 1. The first-order valence-electron chi connectivity index (χ1n) is 13.6. The summed E-state index contributed by atoms with van der Waals surface area (Å²) in [6.07, 6.45) is 5.35. The summed E-state index contributed by atoms with van der Waals surface area (Å²) < 4.78 is 25.9. The van der Waals surface area contributed by atoms with Gasteiger partial charge < -0.3 is 0 Å². The molecular weight excluding hydrogens is 543 g/mol. The maximum absolute atomic E-state index is 13.7. The molecule has 0 aliphatic carbocycles. The first-order chi connectivity index (χ1) is 18.7. The minimum atomic E-state index is -0.290. The Hall–Kier alpha value is -2.63. The van der Waals surface area contributed by atoms with Crippen LogP contribution in [0, 0.1) is 0 Å². The molecule has 0 amide bonds. The molecule has 0 N–H and O–H groups in total. The minimum absolute atomic E-state index is 0.0700. The van der Waals surface area contributed by atoms with Gasteiger partial charge in [-0.15, -0.1) is 0 Å². The van der Waals surface area contributed by atoms with Crippen LogP contribution in [0.15, 0.2) is 78.9 Å². The number of carbonyl (C=O) groups excluding carboxylic acids is 1. The fourth-order valence-electron chi connectivity index (χ4n) is 5.39. The molecule has 3 aromatic rings. The molecule has 0 aromatic heterocycles. The Labute approximate surface area is 232 Å². The van der Waals surface area contributed by atoms with Crippen LogP contribution in [0.4, 0.5) is 0 Å². The molecule has 0 saturated carbocycles. The van der Waals surface area contributed by atoms with E-state index >= 15 is 0 Å². The molecule has 6 heteroatoms. The predicted molar refractivity (Wildman–Crippen MR) is 149 cm³/mol. The fourth-order valence-corrected chi connectivity index (χ4v) is 8.08. The molecule has 1 saturated heterocycles. The second kappa shape index (κ2) is 13.4. The molecule has 1 fully saturated rings. The van der Waals surface area contributed by atoms with Crippen LogP contribution in [0.2, 0.25) is 0 Å². The van der Waals surface area contributed by atoms with E-state index in [9.17, 15) is 4.79 Å². The monoisotopic (exact) mass is 580 g/mol. The quantitative estimate of drug-likeness (QED) is 0.187. The van der Waals surface area contributed by atoms with Gasteiger partial charge in [0.2, 0.25) is 0 Å². The molecule has 2 bridgehead atoms. The zero-order valence-corrected chi connectivity index (χ0v) is 23.6. The Morgan fingerprint density at radius 3 is 2.53 bits per heavy atom. The number of esters is 1. The van der Waals surface area contributed by atoms with Gasteiger partial charge in [-0.2, -0.15) is 0 Å². The van der Waals surface area contributed by atoms with Crippen LogP contribution in [0.25, 0.3) is 0 Å². The van der Waals surface area contributed by atoms with Crippen LogP contribution in [0.3, 0.4) is 0 Å². The summed E-state index contributed by atoms with van der Waals surface area (Å²) in [5, 5.41) is 0. The van der Waals surface area contributed by atoms with Gasteiger partial charge in [0.1, 0.15) is 0 Å². The number of hydrogen-bond acceptors (Lipinski definition) is 5. The Balaban J connectivity index is 1.35. The summed E-state index contributed by atoms with van der Waals surface area (Å²) >= 11 is 0.0872. The average molecular weight is 580 g/mol. The Morgan fingerprint density at radius 2 is 1.74 bits per heavy atom. The van der Waals surface area contributed by atoms with Crippen LogP contribution in [-0.2, 0) is 20.8 Å². The maximum atomic E-state index is 13.7. The van der Waals surface area contributed by atoms with Crippen molar-refractivity contribution in [1.29, 1.82) is 0 Å². The number of cyclic esters (lactones) is 1. The number of fused-ring (bicyclic) bond motifs is 3. The summed E-state index contributed by atoms with van der Waals surface area (Å²) in [5.41, 5.74) is 2.70. The topological polar surface area (TPSA) is 54.0 Å². The van der Waals surface area contributed by atoms with Gasteiger partial charge in [0.25, 0.3) is 0 Å². The Bertz CT molecular complexity index is 1170. The molecule has 5 nitrogen and oxygen atoms in total. The zero-order valence-electron chi connectivity index (χ0n) is 21.9. The Morgan fingerprint density at radius 1 is 0.947 bits per heavy atom. The summed E-state index contributed by atoms with van der Waals surface area (Å²) in [6, 6.07) is 26.6. The molecular formula is C32H36O5Se. The molecule has 200 valence electrons. The van der Waals surface area contributed by atoms with E-state index in [0.29, 0.717) is 24.5 Å². The van der Waals surface area contributed by atoms with Crippen LogP contribution >= 0.6 is 0 Å². The third kappa shape index (κ3) is 6.86. The van der Waals surface area contributed by atoms with Gasteiger partial charge in [-0.1, -0.05) is 30.3 Å². The first-order valence-corrected chi connectivity index (χ1v) is 15.4. The molecule has 2 heterocycles. The molecule has 0 unspecified atom stereocenters. The van der Waals surface area contributed by atoms with Crippen molar-refractivity contribution in [2.45, 2.75) is 68.3 Å². The van der Waals surface area contributed by atoms with Crippen molar-refractivity contribution >= 4 is 25.4 Å². The van der Waals surface area contributed by atoms with Crippen molar-refractivity contribution in [2.24, 2.45) is 0 Å². The van der Waals surface area contributed by atoms with Crippen molar-refractivity contribution in [3.05, 3.63) is 95.6 Å². The second-order valence-corrected chi connectivity index (χ2v) is 12.5. The second-order valence-electron chi connectivity index (χ2n) is 9.95. The molecule has 2 aliphatic heterocycles. The SMILES string of the molecule is COc1cccc2c1C(=O)O[C@@H](CCCOCc1ccccc1)C[C@H]1CCC[C@@H](O1)[C@H]2[Se]c1ccccc1. The molecule has 38 heavy (non-hydrogen) atoms. The zero-order chi connectivity index (χ0) is 26.2. The third-order valence-corrected chi connectivity index (χ3v) is 10.1. The molecule has 0 radical (unpaired) electrons. The third-order valence-electron chi connectivity index (χ3n) is 7.24. The van der Waals surface area contributed by atoms with Gasteiger partial charge in [-0.25, -0.2) is 0 Å². The van der Waals surface area contributed by atoms with Gasteiger partial charge in [0.05, 0.1) is 0 Å². The molecule has 4 atom stereocenters. The number of benzene rings is 3. The van der Waals surface area contributed by atoms with Crippen molar-refractivity contribution in [2.75, 3.05) is 13.7 Å². The fraction of sp³-hybridized carbons (Fsp3) is 0.406. The van der Waals surface area contributed by atoms with E-state index in [1.165, 1.54) is 4.46 Å². The van der Waals surface area contributed by atoms with Gasteiger partial charge in [0.15, 0.2) is 0 Å². The van der Waals surface area contributed by atoms with E-state index in [2.05, 4.69) is 42.5 Å². The van der Waals surface area contributed by atoms with E-state index in [1.54, 1.807) is 7.11 Å². The number of rotatable bonds is 9. The molecule has 2 aliphatic rings. The van der Waals surface area contributed by atoms with E-state index < -0.39 is 0 Å². The van der Waals surface area contributed by atoms with Crippen molar-refractivity contribution in [3.8, 4) is 5.75 Å². The molecule has 0 spiro atoms. The molecule has 5 rings (SSSR count). The van der Waals surface area contributed by atoms with E-state index in [0.717, 1.165) is 49.7 Å². The summed E-state index contributed by atoms with van der Waals surface area (Å²) in [5.74, 6) is 0.278. The van der Waals surface area contributed by atoms with Gasteiger partial charge >= 0.3 is 202 Å². The van der Waals surface area contributed by atoms with Crippen molar-refractivity contribution in [1.82, 2.24) is 0 Å². The van der Waals surface area contributed by atoms with Crippen LogP contribution in [0.1, 0.15) is 64.8 Å².